The fraction of sp³-hybridized carbons (Fsp3) is 0.308. The van der Waals surface area contributed by atoms with Gasteiger partial charge in [0.2, 0.25) is 5.91 Å². The molecular weight excluding hydrogens is 468 g/mol. The van der Waals surface area contributed by atoms with Gasteiger partial charge in [-0.3, -0.25) is 9.59 Å². The van der Waals surface area contributed by atoms with Crippen LogP contribution < -0.4 is 15.0 Å². The summed E-state index contributed by atoms with van der Waals surface area (Å²) in [5, 5.41) is 11.0. The second kappa shape index (κ2) is 10.3. The van der Waals surface area contributed by atoms with Gasteiger partial charge in [-0.2, -0.15) is 5.10 Å². The SMILES string of the molecule is O=C(Nc1ccc(O[C@@H]2CCN(C(=O)c3cc(F)cc(F)c3)C2)cc1)[C@H]1CCN(c2cccnn2)C1. The highest BCUT2D eigenvalue weighted by atomic mass is 19.1. The first-order valence-corrected chi connectivity index (χ1v) is 11.8. The largest absolute Gasteiger partial charge is 0.489 e. The number of ether oxygens (including phenoxy) is 1. The highest BCUT2D eigenvalue weighted by molar-refractivity contribution is 5.94. The molecular formula is C26H25F2N5O3. The molecule has 2 fully saturated rings. The molecule has 0 unspecified atom stereocenters. The van der Waals surface area contributed by atoms with Crippen molar-refractivity contribution in [3.63, 3.8) is 0 Å². The van der Waals surface area contributed by atoms with E-state index in [1.54, 1.807) is 30.5 Å². The second-order valence-corrected chi connectivity index (χ2v) is 8.96. The van der Waals surface area contributed by atoms with E-state index < -0.39 is 17.5 Å². The van der Waals surface area contributed by atoms with Gasteiger partial charge >= 0.3 is 0 Å². The smallest absolute Gasteiger partial charge is 0.254 e. The first-order valence-electron chi connectivity index (χ1n) is 11.8. The van der Waals surface area contributed by atoms with Crippen molar-refractivity contribution in [1.82, 2.24) is 15.1 Å². The number of nitrogens with zero attached hydrogens (tertiary/aromatic N) is 4. The number of nitrogens with one attached hydrogen (secondary N) is 1. The lowest BCUT2D eigenvalue weighted by atomic mass is 10.1. The van der Waals surface area contributed by atoms with Crippen LogP contribution in [0.4, 0.5) is 20.3 Å². The number of likely N-dealkylation sites (tertiary alicyclic amines) is 1. The van der Waals surface area contributed by atoms with Crippen LogP contribution >= 0.6 is 0 Å². The van der Waals surface area contributed by atoms with Gasteiger partial charge in [0.15, 0.2) is 5.82 Å². The van der Waals surface area contributed by atoms with Crippen molar-refractivity contribution < 1.29 is 23.1 Å². The minimum absolute atomic E-state index is 0.0182. The van der Waals surface area contributed by atoms with Gasteiger partial charge in [-0.25, -0.2) is 8.78 Å². The Hall–Kier alpha value is -4.08. The van der Waals surface area contributed by atoms with Gasteiger partial charge in [0.25, 0.3) is 5.91 Å². The first kappa shape index (κ1) is 23.7. The number of hydrogen-bond acceptors (Lipinski definition) is 6. The molecule has 1 aromatic heterocycles. The predicted octanol–water partition coefficient (Wildman–Crippen LogP) is 3.51. The lowest BCUT2D eigenvalue weighted by Gasteiger charge is -2.18. The molecule has 1 N–H and O–H groups in total. The molecule has 2 saturated heterocycles. The third-order valence-corrected chi connectivity index (χ3v) is 6.41. The molecule has 2 aromatic carbocycles. The highest BCUT2D eigenvalue weighted by Crippen LogP contribution is 2.25. The number of rotatable bonds is 6. The van der Waals surface area contributed by atoms with E-state index in [1.807, 2.05) is 12.1 Å². The standard InChI is InChI=1S/C26H25F2N5O3/c27-19-12-18(13-20(28)14-19)26(35)33-11-8-23(16-33)36-22-5-3-21(4-6-22)30-25(34)17-7-10-32(15-17)24-2-1-9-29-31-24/h1-6,9,12-14,17,23H,7-8,10-11,15-16H2,(H,30,34)/t17-,23+/m0/s1. The molecule has 2 aliphatic heterocycles. The Morgan fingerprint density at radius 3 is 2.47 bits per heavy atom. The number of hydrogen-bond donors (Lipinski definition) is 1. The van der Waals surface area contributed by atoms with Gasteiger partial charge < -0.3 is 19.9 Å². The van der Waals surface area contributed by atoms with E-state index in [0.29, 0.717) is 37.5 Å². The Balaban J connectivity index is 1.11. The van der Waals surface area contributed by atoms with E-state index in [9.17, 15) is 18.4 Å². The van der Waals surface area contributed by atoms with Gasteiger partial charge in [-0.05, 0) is 55.0 Å². The third-order valence-electron chi connectivity index (χ3n) is 6.41. The number of carbonyl (C=O) groups excluding carboxylic acids is 2. The molecule has 0 spiro atoms. The molecule has 0 saturated carbocycles. The number of carbonyl (C=O) groups is 2. The number of amides is 2. The van der Waals surface area contributed by atoms with Crippen molar-refractivity contribution in [2.45, 2.75) is 18.9 Å². The molecule has 3 aromatic rings. The Bertz CT molecular complexity index is 1220. The van der Waals surface area contributed by atoms with Crippen molar-refractivity contribution in [2.75, 3.05) is 36.4 Å². The number of benzene rings is 2. The van der Waals surface area contributed by atoms with Crippen LogP contribution in [0, 0.1) is 17.6 Å². The van der Waals surface area contributed by atoms with Gasteiger partial charge in [-0.1, -0.05) is 0 Å². The van der Waals surface area contributed by atoms with Crippen LogP contribution in [0.2, 0.25) is 0 Å². The molecule has 36 heavy (non-hydrogen) atoms. The highest BCUT2D eigenvalue weighted by Gasteiger charge is 2.30. The molecule has 186 valence electrons. The monoisotopic (exact) mass is 493 g/mol. The molecule has 3 heterocycles. The molecule has 5 rings (SSSR count). The molecule has 0 bridgehead atoms. The van der Waals surface area contributed by atoms with Crippen molar-refractivity contribution in [3.8, 4) is 5.75 Å². The summed E-state index contributed by atoms with van der Waals surface area (Å²) in [6, 6.07) is 13.6. The number of anilines is 2. The Morgan fingerprint density at radius 1 is 0.972 bits per heavy atom. The Morgan fingerprint density at radius 2 is 1.75 bits per heavy atom. The summed E-state index contributed by atoms with van der Waals surface area (Å²) in [5.41, 5.74) is 0.650. The maximum Gasteiger partial charge on any atom is 0.254 e. The molecule has 0 aliphatic carbocycles. The summed E-state index contributed by atoms with van der Waals surface area (Å²) in [6.07, 6.45) is 2.72. The lowest BCUT2D eigenvalue weighted by molar-refractivity contribution is -0.119. The van der Waals surface area contributed by atoms with Crippen molar-refractivity contribution >= 4 is 23.3 Å². The van der Waals surface area contributed by atoms with Crippen LogP contribution in [-0.2, 0) is 4.79 Å². The van der Waals surface area contributed by atoms with Crippen molar-refractivity contribution in [2.24, 2.45) is 5.92 Å². The molecule has 10 heteroatoms. The van der Waals surface area contributed by atoms with E-state index >= 15 is 0 Å². The van der Waals surface area contributed by atoms with E-state index in [1.165, 1.54) is 4.90 Å². The molecule has 2 atom stereocenters. The Kier molecular flexibility index (Phi) is 6.75. The van der Waals surface area contributed by atoms with Crippen LogP contribution in [0.3, 0.4) is 0 Å². The van der Waals surface area contributed by atoms with Crippen LogP contribution in [-0.4, -0.2) is 59.2 Å². The normalized spacial score (nSPS) is 19.4. The minimum atomic E-state index is -0.784. The van der Waals surface area contributed by atoms with Crippen LogP contribution in [0.5, 0.6) is 5.75 Å². The van der Waals surface area contributed by atoms with Crippen molar-refractivity contribution in [1.29, 1.82) is 0 Å². The molecule has 2 amide bonds. The van der Waals surface area contributed by atoms with E-state index in [4.69, 9.17) is 4.74 Å². The fourth-order valence-electron chi connectivity index (χ4n) is 4.57. The number of halogens is 2. The zero-order valence-electron chi connectivity index (χ0n) is 19.4. The second-order valence-electron chi connectivity index (χ2n) is 8.96. The van der Waals surface area contributed by atoms with E-state index in [2.05, 4.69) is 20.4 Å². The topological polar surface area (TPSA) is 87.7 Å². The fourth-order valence-corrected chi connectivity index (χ4v) is 4.57. The molecule has 0 radical (unpaired) electrons. The summed E-state index contributed by atoms with van der Waals surface area (Å²) in [4.78, 5) is 28.9. The maximum absolute atomic E-state index is 13.5. The number of aromatic nitrogens is 2. The average Bonchev–Trinajstić information content (AvgIpc) is 3.55. The summed E-state index contributed by atoms with van der Waals surface area (Å²) in [7, 11) is 0. The molecule has 2 aliphatic rings. The zero-order valence-corrected chi connectivity index (χ0v) is 19.4. The third kappa shape index (κ3) is 5.42. The minimum Gasteiger partial charge on any atom is -0.489 e. The van der Waals surface area contributed by atoms with Gasteiger partial charge in [0, 0.05) is 49.6 Å². The zero-order chi connectivity index (χ0) is 25.1. The lowest BCUT2D eigenvalue weighted by Crippen LogP contribution is -2.31. The Labute approximate surface area is 206 Å². The first-order chi connectivity index (χ1) is 17.4. The van der Waals surface area contributed by atoms with E-state index in [0.717, 1.165) is 37.0 Å². The summed E-state index contributed by atoms with van der Waals surface area (Å²) in [5.74, 6) is -0.808. The summed E-state index contributed by atoms with van der Waals surface area (Å²) in [6.45, 7) is 2.09. The maximum atomic E-state index is 13.5. The average molecular weight is 494 g/mol. The summed E-state index contributed by atoms with van der Waals surface area (Å²) >= 11 is 0. The van der Waals surface area contributed by atoms with Crippen LogP contribution in [0.15, 0.2) is 60.8 Å². The van der Waals surface area contributed by atoms with E-state index in [-0.39, 0.29) is 23.5 Å². The van der Waals surface area contributed by atoms with Crippen LogP contribution in [0.1, 0.15) is 23.2 Å². The van der Waals surface area contributed by atoms with Gasteiger partial charge in [-0.15, -0.1) is 5.10 Å². The predicted molar refractivity (Wildman–Crippen MR) is 129 cm³/mol. The van der Waals surface area contributed by atoms with Crippen LogP contribution in [0.25, 0.3) is 0 Å². The van der Waals surface area contributed by atoms with Crippen molar-refractivity contribution in [3.05, 3.63) is 78.0 Å². The quantitative estimate of drug-likeness (QED) is 0.566. The van der Waals surface area contributed by atoms with Gasteiger partial charge in [0.05, 0.1) is 12.5 Å². The molecule has 8 nitrogen and oxygen atoms in total. The summed E-state index contributed by atoms with van der Waals surface area (Å²) < 4.78 is 32.9. The van der Waals surface area contributed by atoms with Gasteiger partial charge in [0.1, 0.15) is 23.5 Å².